The summed E-state index contributed by atoms with van der Waals surface area (Å²) in [6.45, 7) is 5.45. The predicted octanol–water partition coefficient (Wildman–Crippen LogP) is 1.21. The lowest BCUT2D eigenvalue weighted by Gasteiger charge is -2.38. The fourth-order valence-corrected chi connectivity index (χ4v) is 4.02. The molecule has 2 amide bonds. The minimum atomic E-state index is -0.484. The molecule has 1 aliphatic heterocycles. The number of imidazole rings is 1. The summed E-state index contributed by atoms with van der Waals surface area (Å²) in [5, 5.41) is 4.11. The van der Waals surface area contributed by atoms with Crippen molar-refractivity contribution in [3.63, 3.8) is 0 Å². The molecule has 1 fully saturated rings. The lowest BCUT2D eigenvalue weighted by Crippen LogP contribution is -2.57. The van der Waals surface area contributed by atoms with Gasteiger partial charge in [0.25, 0.3) is 5.91 Å². The Kier molecular flexibility index (Phi) is 4.98. The van der Waals surface area contributed by atoms with Gasteiger partial charge in [0.05, 0.1) is 0 Å². The molecule has 1 aromatic carbocycles. The number of piperazine rings is 1. The lowest BCUT2D eigenvalue weighted by molar-refractivity contribution is -0.122. The molecule has 9 heteroatoms. The molecule has 1 aliphatic rings. The fraction of sp³-hybridized carbons (Fsp3) is 0.381. The molecule has 158 valence electrons. The molecular formula is C21H26N6O3. The van der Waals surface area contributed by atoms with Crippen LogP contribution in [0.15, 0.2) is 29.2 Å². The summed E-state index contributed by atoms with van der Waals surface area (Å²) in [5.41, 5.74) is 4.00. The Morgan fingerprint density at radius 2 is 1.93 bits per heavy atom. The highest BCUT2D eigenvalue weighted by Gasteiger charge is 2.33. The Morgan fingerprint density at radius 3 is 2.63 bits per heavy atom. The van der Waals surface area contributed by atoms with Crippen molar-refractivity contribution >= 4 is 28.4 Å². The quantitative estimate of drug-likeness (QED) is 0.603. The van der Waals surface area contributed by atoms with E-state index in [1.807, 2.05) is 37.2 Å². The van der Waals surface area contributed by atoms with Gasteiger partial charge in [0, 0.05) is 55.2 Å². The molecule has 0 bridgehead atoms. The van der Waals surface area contributed by atoms with Crippen LogP contribution in [0.2, 0.25) is 0 Å². The number of fused-ring (bicyclic) bond motifs is 1. The van der Waals surface area contributed by atoms with Crippen LogP contribution in [0.4, 0.5) is 5.69 Å². The minimum absolute atomic E-state index is 0.165. The number of carbonyl (C=O) groups is 2. The van der Waals surface area contributed by atoms with Gasteiger partial charge in [0.15, 0.2) is 0 Å². The van der Waals surface area contributed by atoms with Crippen molar-refractivity contribution in [2.24, 2.45) is 7.05 Å². The number of anilines is 1. The molecule has 2 aromatic heterocycles. The topological polar surface area (TPSA) is 106 Å². The number of likely N-dealkylation sites (N-methyl/N-ethyl adjacent to an activating group) is 1. The Balaban J connectivity index is 1.52. The van der Waals surface area contributed by atoms with Gasteiger partial charge in [-0.1, -0.05) is 0 Å². The first-order valence-corrected chi connectivity index (χ1v) is 9.90. The van der Waals surface area contributed by atoms with Crippen LogP contribution in [-0.4, -0.2) is 68.9 Å². The molecule has 3 aromatic rings. The van der Waals surface area contributed by atoms with Crippen molar-refractivity contribution in [2.75, 3.05) is 32.0 Å². The van der Waals surface area contributed by atoms with Crippen LogP contribution in [0.3, 0.4) is 0 Å². The number of aromatic amines is 2. The molecule has 1 atom stereocenters. The van der Waals surface area contributed by atoms with E-state index in [4.69, 9.17) is 0 Å². The van der Waals surface area contributed by atoms with E-state index in [1.165, 1.54) is 17.5 Å². The average molecular weight is 410 g/mol. The summed E-state index contributed by atoms with van der Waals surface area (Å²) >= 11 is 0. The first-order chi connectivity index (χ1) is 14.3. The second-order valence-corrected chi connectivity index (χ2v) is 7.89. The van der Waals surface area contributed by atoms with Crippen LogP contribution in [0.5, 0.6) is 0 Å². The van der Waals surface area contributed by atoms with Crippen LogP contribution in [-0.2, 0) is 11.8 Å². The maximum absolute atomic E-state index is 13.0. The maximum atomic E-state index is 13.0. The SMILES string of the molecule is Cc1c(C)n(C)c2ccc(NC(=O)C3CN(C(=O)c4c[nH]c(=O)[nH]4)CCN3C)cc12. The molecule has 0 spiro atoms. The van der Waals surface area contributed by atoms with Crippen LogP contribution in [0, 0.1) is 13.8 Å². The van der Waals surface area contributed by atoms with Gasteiger partial charge < -0.3 is 24.8 Å². The summed E-state index contributed by atoms with van der Waals surface area (Å²) < 4.78 is 2.14. The summed E-state index contributed by atoms with van der Waals surface area (Å²) in [6, 6.07) is 5.41. The van der Waals surface area contributed by atoms with Crippen LogP contribution in [0.25, 0.3) is 10.9 Å². The van der Waals surface area contributed by atoms with E-state index in [-0.39, 0.29) is 24.1 Å². The highest BCUT2D eigenvalue weighted by atomic mass is 16.2. The van der Waals surface area contributed by atoms with Crippen molar-refractivity contribution in [1.29, 1.82) is 0 Å². The number of carbonyl (C=O) groups excluding carboxylic acids is 2. The second kappa shape index (κ2) is 7.49. The molecule has 3 heterocycles. The van der Waals surface area contributed by atoms with Crippen molar-refractivity contribution in [3.05, 3.63) is 51.8 Å². The van der Waals surface area contributed by atoms with E-state index < -0.39 is 11.7 Å². The number of hydrogen-bond donors (Lipinski definition) is 3. The van der Waals surface area contributed by atoms with Gasteiger partial charge in [-0.3, -0.25) is 14.5 Å². The number of nitrogens with one attached hydrogen (secondary N) is 3. The number of amides is 2. The zero-order valence-electron chi connectivity index (χ0n) is 17.6. The number of aromatic nitrogens is 3. The number of H-pyrrole nitrogens is 2. The Morgan fingerprint density at radius 1 is 1.17 bits per heavy atom. The molecule has 9 nitrogen and oxygen atoms in total. The van der Waals surface area contributed by atoms with Crippen molar-refractivity contribution in [3.8, 4) is 0 Å². The van der Waals surface area contributed by atoms with Crippen molar-refractivity contribution in [2.45, 2.75) is 19.9 Å². The molecule has 30 heavy (non-hydrogen) atoms. The molecule has 0 saturated carbocycles. The number of hydrogen-bond acceptors (Lipinski definition) is 4. The highest BCUT2D eigenvalue weighted by molar-refractivity contribution is 5.99. The first kappa shape index (κ1) is 20.0. The first-order valence-electron chi connectivity index (χ1n) is 9.90. The van der Waals surface area contributed by atoms with Crippen LogP contribution in [0.1, 0.15) is 21.7 Å². The Bertz CT molecular complexity index is 1190. The average Bonchev–Trinajstić information content (AvgIpc) is 3.25. The van der Waals surface area contributed by atoms with Gasteiger partial charge in [-0.05, 0) is 44.7 Å². The van der Waals surface area contributed by atoms with E-state index in [2.05, 4.69) is 33.7 Å². The van der Waals surface area contributed by atoms with Gasteiger partial charge in [-0.15, -0.1) is 0 Å². The minimum Gasteiger partial charge on any atom is -0.348 e. The zero-order valence-corrected chi connectivity index (χ0v) is 17.6. The van der Waals surface area contributed by atoms with E-state index in [0.29, 0.717) is 13.1 Å². The van der Waals surface area contributed by atoms with E-state index in [9.17, 15) is 14.4 Å². The van der Waals surface area contributed by atoms with Gasteiger partial charge in [-0.2, -0.15) is 0 Å². The molecule has 1 unspecified atom stereocenters. The predicted molar refractivity (Wildman–Crippen MR) is 115 cm³/mol. The van der Waals surface area contributed by atoms with E-state index >= 15 is 0 Å². The number of nitrogens with zero attached hydrogens (tertiary/aromatic N) is 3. The van der Waals surface area contributed by atoms with Gasteiger partial charge in [0.2, 0.25) is 5.91 Å². The van der Waals surface area contributed by atoms with Crippen molar-refractivity contribution in [1.82, 2.24) is 24.3 Å². The zero-order chi connectivity index (χ0) is 21.6. The largest absolute Gasteiger partial charge is 0.348 e. The molecule has 4 rings (SSSR count). The molecule has 0 radical (unpaired) electrons. The monoisotopic (exact) mass is 410 g/mol. The van der Waals surface area contributed by atoms with Gasteiger partial charge >= 0.3 is 5.69 Å². The summed E-state index contributed by atoms with van der Waals surface area (Å²) in [6.07, 6.45) is 1.36. The number of aryl methyl sites for hydroxylation is 2. The highest BCUT2D eigenvalue weighted by Crippen LogP contribution is 2.27. The molecule has 1 saturated heterocycles. The van der Waals surface area contributed by atoms with Gasteiger partial charge in [0.1, 0.15) is 11.7 Å². The summed E-state index contributed by atoms with van der Waals surface area (Å²) in [4.78, 5) is 45.4. The summed E-state index contributed by atoms with van der Waals surface area (Å²) in [7, 11) is 3.90. The van der Waals surface area contributed by atoms with E-state index in [1.54, 1.807) is 4.90 Å². The summed E-state index contributed by atoms with van der Waals surface area (Å²) in [5.74, 6) is -0.460. The number of benzene rings is 1. The number of rotatable bonds is 3. The third kappa shape index (κ3) is 3.41. The Hall–Kier alpha value is -3.33. The van der Waals surface area contributed by atoms with Crippen molar-refractivity contribution < 1.29 is 9.59 Å². The lowest BCUT2D eigenvalue weighted by atomic mass is 10.1. The maximum Gasteiger partial charge on any atom is 0.323 e. The normalized spacial score (nSPS) is 17.5. The Labute approximate surface area is 173 Å². The fourth-order valence-electron chi connectivity index (χ4n) is 4.02. The smallest absolute Gasteiger partial charge is 0.323 e. The second-order valence-electron chi connectivity index (χ2n) is 7.89. The van der Waals surface area contributed by atoms with E-state index in [0.717, 1.165) is 16.6 Å². The van der Waals surface area contributed by atoms with Crippen LogP contribution >= 0.6 is 0 Å². The third-order valence-corrected chi connectivity index (χ3v) is 6.14. The third-order valence-electron chi connectivity index (χ3n) is 6.14. The molecule has 0 aliphatic carbocycles. The standard InChI is InChI=1S/C21H26N6O3/c1-12-13(2)26(4)17-6-5-14(9-15(12)17)23-19(28)18-11-27(8-7-25(18)3)20(29)16-10-22-21(30)24-16/h5-6,9-10,18H,7-8,11H2,1-4H3,(H,23,28)(H2,22,24,30). The molecule has 3 N–H and O–H groups in total. The van der Waals surface area contributed by atoms with Crippen LogP contribution < -0.4 is 11.0 Å². The van der Waals surface area contributed by atoms with Gasteiger partial charge in [-0.25, -0.2) is 4.79 Å². The molecular weight excluding hydrogens is 384 g/mol.